The number of rotatable bonds is 9. The van der Waals surface area contributed by atoms with Crippen LogP contribution >= 0.6 is 0 Å². The van der Waals surface area contributed by atoms with E-state index in [0.29, 0.717) is 16.9 Å². The van der Waals surface area contributed by atoms with Gasteiger partial charge in [-0.05, 0) is 54.4 Å². The molecule has 2 aromatic carbocycles. The fourth-order valence-corrected chi connectivity index (χ4v) is 3.84. The van der Waals surface area contributed by atoms with Gasteiger partial charge in [0.1, 0.15) is 11.5 Å². The fraction of sp³-hybridized carbons (Fsp3) is 0.227. The lowest BCUT2D eigenvalue weighted by molar-refractivity contribution is -0.153. The van der Waals surface area contributed by atoms with E-state index in [1.165, 1.54) is 48.7 Å². The number of benzene rings is 2. The van der Waals surface area contributed by atoms with Gasteiger partial charge >= 0.3 is 6.18 Å². The van der Waals surface area contributed by atoms with Crippen molar-refractivity contribution in [2.45, 2.75) is 31.1 Å². The molecule has 0 saturated carbocycles. The molecule has 1 amide bonds. The van der Waals surface area contributed by atoms with Gasteiger partial charge in [0, 0.05) is 12.1 Å². The van der Waals surface area contributed by atoms with Crippen molar-refractivity contribution < 1.29 is 35.5 Å². The highest BCUT2D eigenvalue weighted by Crippen LogP contribution is 2.19. The highest BCUT2D eigenvalue weighted by Gasteiger charge is 2.28. The zero-order valence-corrected chi connectivity index (χ0v) is 18.3. The lowest BCUT2D eigenvalue weighted by atomic mass is 10.1. The highest BCUT2D eigenvalue weighted by molar-refractivity contribution is 7.89. The second-order valence-corrected chi connectivity index (χ2v) is 8.88. The largest absolute Gasteiger partial charge is 0.484 e. The van der Waals surface area contributed by atoms with Crippen LogP contribution in [0.15, 0.2) is 70.2 Å². The maximum absolute atomic E-state index is 12.7. The van der Waals surface area contributed by atoms with Crippen molar-refractivity contribution in [3.63, 3.8) is 0 Å². The van der Waals surface area contributed by atoms with Crippen molar-refractivity contribution in [2.75, 3.05) is 6.61 Å². The topological polar surface area (TPSA) is 97.6 Å². The Bertz CT molecular complexity index is 1190. The Kier molecular flexibility index (Phi) is 7.44. The van der Waals surface area contributed by atoms with E-state index >= 15 is 0 Å². The van der Waals surface area contributed by atoms with Gasteiger partial charge in [0.2, 0.25) is 10.0 Å². The number of halogens is 3. The number of alkyl halides is 3. The molecule has 7 nitrogen and oxygen atoms in total. The van der Waals surface area contributed by atoms with Gasteiger partial charge in [0.15, 0.2) is 6.61 Å². The first-order chi connectivity index (χ1) is 15.5. The van der Waals surface area contributed by atoms with Crippen molar-refractivity contribution >= 4 is 15.9 Å². The lowest BCUT2D eigenvalue weighted by Crippen LogP contribution is -2.26. The van der Waals surface area contributed by atoms with E-state index in [4.69, 9.17) is 4.42 Å². The number of carbonyl (C=O) groups excluding carboxylic acids is 1. The second-order valence-electron chi connectivity index (χ2n) is 7.11. The van der Waals surface area contributed by atoms with E-state index in [1.807, 2.05) is 0 Å². The Hall–Kier alpha value is -3.31. The van der Waals surface area contributed by atoms with E-state index in [2.05, 4.69) is 14.8 Å². The van der Waals surface area contributed by atoms with E-state index in [0.717, 1.165) is 0 Å². The van der Waals surface area contributed by atoms with Gasteiger partial charge in [-0.15, -0.1) is 0 Å². The van der Waals surface area contributed by atoms with Crippen LogP contribution in [0.5, 0.6) is 5.75 Å². The normalized spacial score (nSPS) is 11.9. The summed E-state index contributed by atoms with van der Waals surface area (Å²) in [7, 11) is -3.88. The van der Waals surface area contributed by atoms with Gasteiger partial charge in [0.05, 0.1) is 17.7 Å². The molecule has 0 bridgehead atoms. The van der Waals surface area contributed by atoms with Crippen LogP contribution in [0, 0.1) is 6.92 Å². The quantitative estimate of drug-likeness (QED) is 0.482. The van der Waals surface area contributed by atoms with Crippen LogP contribution in [-0.4, -0.2) is 27.1 Å². The van der Waals surface area contributed by atoms with Gasteiger partial charge in [-0.2, -0.15) is 13.2 Å². The molecule has 3 aromatic rings. The van der Waals surface area contributed by atoms with Crippen LogP contribution in [0.2, 0.25) is 0 Å². The van der Waals surface area contributed by atoms with Crippen molar-refractivity contribution in [1.29, 1.82) is 0 Å². The first-order valence-electron chi connectivity index (χ1n) is 9.73. The van der Waals surface area contributed by atoms with Gasteiger partial charge in [-0.1, -0.05) is 18.2 Å². The SMILES string of the molecule is Cc1ccc(S(=O)(=O)NCc2ccco2)cc1C(=O)NCc1ccc(OCC(F)(F)F)cc1. The molecule has 0 fully saturated rings. The van der Waals surface area contributed by atoms with Crippen LogP contribution in [-0.2, 0) is 23.1 Å². The number of nitrogens with one attached hydrogen (secondary N) is 2. The van der Waals surface area contributed by atoms with E-state index < -0.39 is 28.7 Å². The van der Waals surface area contributed by atoms with Crippen molar-refractivity contribution in [3.8, 4) is 5.75 Å². The number of sulfonamides is 1. The summed E-state index contributed by atoms with van der Waals surface area (Å²) in [6.07, 6.45) is -3.00. The van der Waals surface area contributed by atoms with E-state index in [-0.39, 0.29) is 29.3 Å². The molecule has 33 heavy (non-hydrogen) atoms. The molecule has 0 aliphatic carbocycles. The highest BCUT2D eigenvalue weighted by atomic mass is 32.2. The van der Waals surface area contributed by atoms with Gasteiger partial charge < -0.3 is 14.5 Å². The summed E-state index contributed by atoms with van der Waals surface area (Å²) in [5, 5.41) is 2.67. The first-order valence-corrected chi connectivity index (χ1v) is 11.2. The standard InChI is InChI=1S/C22H21F3N2O5S/c1-15-4-9-19(33(29,30)27-13-18-3-2-10-31-18)11-20(15)21(28)26-12-16-5-7-17(8-6-16)32-14-22(23,24)25/h2-11,27H,12-14H2,1H3,(H,26,28). The van der Waals surface area contributed by atoms with Crippen LogP contribution in [0.4, 0.5) is 13.2 Å². The number of ether oxygens (including phenoxy) is 1. The minimum Gasteiger partial charge on any atom is -0.484 e. The predicted molar refractivity (Wildman–Crippen MR) is 113 cm³/mol. The molecule has 0 radical (unpaired) electrons. The third-order valence-corrected chi connectivity index (χ3v) is 5.96. The molecule has 1 aromatic heterocycles. The number of aryl methyl sites for hydroxylation is 1. The minimum atomic E-state index is -4.43. The van der Waals surface area contributed by atoms with Gasteiger partial charge in [-0.25, -0.2) is 13.1 Å². The maximum atomic E-state index is 12.7. The Morgan fingerprint density at radius 3 is 2.42 bits per heavy atom. The lowest BCUT2D eigenvalue weighted by Gasteiger charge is -2.12. The van der Waals surface area contributed by atoms with Crippen LogP contribution < -0.4 is 14.8 Å². The number of hydrogen-bond donors (Lipinski definition) is 2. The Balaban J connectivity index is 1.62. The van der Waals surface area contributed by atoms with Crippen LogP contribution in [0.25, 0.3) is 0 Å². The summed E-state index contributed by atoms with van der Waals surface area (Å²) in [5.41, 5.74) is 1.39. The molecule has 0 unspecified atom stereocenters. The maximum Gasteiger partial charge on any atom is 0.422 e. The number of hydrogen-bond acceptors (Lipinski definition) is 5. The molecule has 0 saturated heterocycles. The van der Waals surface area contributed by atoms with E-state index in [9.17, 15) is 26.4 Å². The molecule has 3 rings (SSSR count). The molecular formula is C22H21F3N2O5S. The summed E-state index contributed by atoms with van der Waals surface area (Å²) < 4.78 is 74.0. The number of furan rings is 1. The predicted octanol–water partition coefficient (Wildman–Crippen LogP) is 3.94. The Labute approximate surface area is 188 Å². The summed E-state index contributed by atoms with van der Waals surface area (Å²) in [6.45, 7) is 0.339. The monoisotopic (exact) mass is 482 g/mol. The van der Waals surface area contributed by atoms with Gasteiger partial charge in [0.25, 0.3) is 5.91 Å². The van der Waals surface area contributed by atoms with E-state index in [1.54, 1.807) is 19.1 Å². The molecule has 0 aliphatic rings. The van der Waals surface area contributed by atoms with Crippen LogP contribution in [0.1, 0.15) is 27.2 Å². The van der Waals surface area contributed by atoms with Gasteiger partial charge in [-0.3, -0.25) is 4.79 Å². The molecule has 176 valence electrons. The molecule has 11 heteroatoms. The third kappa shape index (κ3) is 7.09. The van der Waals surface area contributed by atoms with Crippen molar-refractivity contribution in [1.82, 2.24) is 10.0 Å². The summed E-state index contributed by atoms with van der Waals surface area (Å²) >= 11 is 0. The third-order valence-electron chi connectivity index (χ3n) is 4.56. The number of carbonyl (C=O) groups is 1. The van der Waals surface area contributed by atoms with Crippen molar-refractivity contribution in [2.24, 2.45) is 0 Å². The molecule has 2 N–H and O–H groups in total. The molecule has 0 aliphatic heterocycles. The molecule has 0 spiro atoms. The Morgan fingerprint density at radius 2 is 1.79 bits per heavy atom. The smallest absolute Gasteiger partial charge is 0.422 e. The number of amides is 1. The Morgan fingerprint density at radius 1 is 1.06 bits per heavy atom. The second kappa shape index (κ2) is 10.1. The van der Waals surface area contributed by atoms with Crippen LogP contribution in [0.3, 0.4) is 0 Å². The summed E-state index contributed by atoms with van der Waals surface area (Å²) in [4.78, 5) is 12.6. The first kappa shape index (κ1) is 24.3. The minimum absolute atomic E-state index is 0.0343. The zero-order chi connectivity index (χ0) is 24.1. The molecule has 0 atom stereocenters. The zero-order valence-electron chi connectivity index (χ0n) is 17.5. The summed E-state index contributed by atoms with van der Waals surface area (Å²) in [5.74, 6) is 0.00432. The van der Waals surface area contributed by atoms with Crippen molar-refractivity contribution in [3.05, 3.63) is 83.3 Å². The molecule has 1 heterocycles. The fourth-order valence-electron chi connectivity index (χ4n) is 2.82. The average Bonchev–Trinajstić information content (AvgIpc) is 3.29. The molecular weight excluding hydrogens is 461 g/mol. The average molecular weight is 482 g/mol. The summed E-state index contributed by atoms with van der Waals surface area (Å²) in [6, 6.07) is 13.3.